The third-order valence-electron chi connectivity index (χ3n) is 2.87. The van der Waals surface area contributed by atoms with Crippen LogP contribution in [0.15, 0.2) is 36.7 Å². The lowest BCUT2D eigenvalue weighted by atomic mass is 10.1. The van der Waals surface area contributed by atoms with E-state index in [2.05, 4.69) is 15.3 Å². The molecule has 1 heterocycles. The topological polar surface area (TPSA) is 47.0 Å². The highest BCUT2D eigenvalue weighted by molar-refractivity contribution is 5.71. The first-order valence-corrected chi connectivity index (χ1v) is 6.12. The average molecular weight is 241 g/mol. The van der Waals surface area contributed by atoms with Gasteiger partial charge in [-0.15, -0.1) is 0 Å². The zero-order valence-corrected chi connectivity index (χ0v) is 10.3. The van der Waals surface area contributed by atoms with Crippen LogP contribution in [0.3, 0.4) is 0 Å². The van der Waals surface area contributed by atoms with E-state index in [1.807, 2.05) is 31.3 Å². The summed E-state index contributed by atoms with van der Waals surface area (Å²) in [4.78, 5) is 8.64. The average Bonchev–Trinajstić information content (AvgIpc) is 3.23. The molecule has 1 fully saturated rings. The molecule has 0 saturated heterocycles. The van der Waals surface area contributed by atoms with E-state index in [4.69, 9.17) is 4.74 Å². The van der Waals surface area contributed by atoms with Gasteiger partial charge in [0.05, 0.1) is 6.10 Å². The van der Waals surface area contributed by atoms with E-state index in [-0.39, 0.29) is 0 Å². The molecular weight excluding hydrogens is 226 g/mol. The fourth-order valence-electron chi connectivity index (χ4n) is 1.83. The molecule has 4 nitrogen and oxygen atoms in total. The third-order valence-corrected chi connectivity index (χ3v) is 2.87. The van der Waals surface area contributed by atoms with Gasteiger partial charge < -0.3 is 10.1 Å². The second-order valence-electron chi connectivity index (χ2n) is 4.35. The molecule has 0 unspecified atom stereocenters. The minimum Gasteiger partial charge on any atom is -0.490 e. The Morgan fingerprint density at radius 1 is 1.22 bits per heavy atom. The number of nitrogens with one attached hydrogen (secondary N) is 1. The van der Waals surface area contributed by atoms with Gasteiger partial charge in [-0.2, -0.15) is 0 Å². The van der Waals surface area contributed by atoms with Crippen molar-refractivity contribution >= 4 is 5.82 Å². The molecule has 1 N–H and O–H groups in total. The normalized spacial score (nSPS) is 14.3. The van der Waals surface area contributed by atoms with Gasteiger partial charge in [0.1, 0.15) is 11.4 Å². The minimum atomic E-state index is 0.408. The fourth-order valence-corrected chi connectivity index (χ4v) is 1.83. The van der Waals surface area contributed by atoms with Crippen molar-refractivity contribution in [3.05, 3.63) is 36.7 Å². The lowest BCUT2D eigenvalue weighted by molar-refractivity contribution is 0.303. The van der Waals surface area contributed by atoms with Gasteiger partial charge in [-0.25, -0.2) is 4.98 Å². The maximum Gasteiger partial charge on any atom is 0.152 e. The van der Waals surface area contributed by atoms with E-state index >= 15 is 0 Å². The largest absolute Gasteiger partial charge is 0.490 e. The van der Waals surface area contributed by atoms with Crippen LogP contribution in [-0.4, -0.2) is 23.1 Å². The molecule has 2 aromatic rings. The van der Waals surface area contributed by atoms with Crippen LogP contribution in [0.25, 0.3) is 11.3 Å². The van der Waals surface area contributed by atoms with Crippen LogP contribution in [0.1, 0.15) is 12.8 Å². The maximum atomic E-state index is 5.79. The number of benzene rings is 1. The van der Waals surface area contributed by atoms with E-state index < -0.39 is 0 Å². The SMILES string of the molecule is CNc1nccnc1-c1cccc(OC2CC2)c1. The molecule has 92 valence electrons. The Labute approximate surface area is 106 Å². The van der Waals surface area contributed by atoms with E-state index in [0.717, 1.165) is 35.7 Å². The molecule has 0 bridgehead atoms. The molecule has 3 rings (SSSR count). The van der Waals surface area contributed by atoms with Gasteiger partial charge in [-0.3, -0.25) is 4.98 Å². The zero-order valence-electron chi connectivity index (χ0n) is 10.3. The van der Waals surface area contributed by atoms with Crippen molar-refractivity contribution in [2.45, 2.75) is 18.9 Å². The number of nitrogens with zero attached hydrogens (tertiary/aromatic N) is 2. The van der Waals surface area contributed by atoms with Crippen LogP contribution < -0.4 is 10.1 Å². The molecule has 1 aliphatic rings. The first-order valence-electron chi connectivity index (χ1n) is 6.12. The Hall–Kier alpha value is -2.10. The number of anilines is 1. The zero-order chi connectivity index (χ0) is 12.4. The lowest BCUT2D eigenvalue weighted by Gasteiger charge is -2.09. The highest BCUT2D eigenvalue weighted by atomic mass is 16.5. The van der Waals surface area contributed by atoms with Gasteiger partial charge in [0, 0.05) is 25.0 Å². The van der Waals surface area contributed by atoms with Crippen molar-refractivity contribution in [2.75, 3.05) is 12.4 Å². The van der Waals surface area contributed by atoms with Crippen LogP contribution in [0.4, 0.5) is 5.82 Å². The van der Waals surface area contributed by atoms with Gasteiger partial charge in [0.2, 0.25) is 0 Å². The molecule has 1 aromatic carbocycles. The van der Waals surface area contributed by atoms with Crippen molar-refractivity contribution in [2.24, 2.45) is 0 Å². The predicted octanol–water partition coefficient (Wildman–Crippen LogP) is 2.73. The van der Waals surface area contributed by atoms with E-state index in [9.17, 15) is 0 Å². The highest BCUT2D eigenvalue weighted by Gasteiger charge is 2.23. The molecule has 0 radical (unpaired) electrons. The smallest absolute Gasteiger partial charge is 0.152 e. The Kier molecular flexibility index (Phi) is 2.84. The van der Waals surface area contributed by atoms with E-state index in [1.165, 1.54) is 0 Å². The summed E-state index contributed by atoms with van der Waals surface area (Å²) in [6.07, 6.45) is 6.12. The van der Waals surface area contributed by atoms with Crippen molar-refractivity contribution in [3.63, 3.8) is 0 Å². The van der Waals surface area contributed by atoms with Gasteiger partial charge in [-0.05, 0) is 25.0 Å². The maximum absolute atomic E-state index is 5.79. The van der Waals surface area contributed by atoms with Crippen LogP contribution in [-0.2, 0) is 0 Å². The summed E-state index contributed by atoms with van der Waals surface area (Å²) in [7, 11) is 1.85. The van der Waals surface area contributed by atoms with Crippen LogP contribution >= 0.6 is 0 Å². The first-order chi connectivity index (χ1) is 8.86. The van der Waals surface area contributed by atoms with Gasteiger partial charge in [0.15, 0.2) is 5.82 Å². The number of rotatable bonds is 4. The molecule has 0 amide bonds. The quantitative estimate of drug-likeness (QED) is 0.894. The summed E-state index contributed by atoms with van der Waals surface area (Å²) in [5, 5.41) is 3.05. The molecule has 1 saturated carbocycles. The molecule has 18 heavy (non-hydrogen) atoms. The Morgan fingerprint density at radius 2 is 2.06 bits per heavy atom. The fraction of sp³-hybridized carbons (Fsp3) is 0.286. The standard InChI is InChI=1S/C14H15N3O/c1-15-14-13(16-7-8-17-14)10-3-2-4-12(9-10)18-11-5-6-11/h2-4,7-9,11H,5-6H2,1H3,(H,15,17). The molecule has 0 spiro atoms. The van der Waals surface area contributed by atoms with Gasteiger partial charge >= 0.3 is 0 Å². The number of hydrogen-bond acceptors (Lipinski definition) is 4. The Morgan fingerprint density at radius 3 is 2.83 bits per heavy atom. The molecule has 0 aliphatic heterocycles. The first kappa shape index (κ1) is 11.0. The molecular formula is C14H15N3O. The summed E-state index contributed by atoms with van der Waals surface area (Å²) >= 11 is 0. The molecule has 1 aliphatic carbocycles. The number of ether oxygens (including phenoxy) is 1. The van der Waals surface area contributed by atoms with Crippen LogP contribution in [0, 0.1) is 0 Å². The van der Waals surface area contributed by atoms with Crippen LogP contribution in [0.5, 0.6) is 5.75 Å². The van der Waals surface area contributed by atoms with Crippen LogP contribution in [0.2, 0.25) is 0 Å². The van der Waals surface area contributed by atoms with E-state index in [1.54, 1.807) is 12.4 Å². The second-order valence-corrected chi connectivity index (χ2v) is 4.35. The summed E-state index contributed by atoms with van der Waals surface area (Å²) in [6.45, 7) is 0. The summed E-state index contributed by atoms with van der Waals surface area (Å²) < 4.78 is 5.79. The molecule has 0 atom stereocenters. The number of hydrogen-bond donors (Lipinski definition) is 1. The summed E-state index contributed by atoms with van der Waals surface area (Å²) in [6, 6.07) is 8.01. The van der Waals surface area contributed by atoms with Gasteiger partial charge in [-0.1, -0.05) is 12.1 Å². The number of aromatic nitrogens is 2. The lowest BCUT2D eigenvalue weighted by Crippen LogP contribution is -1.99. The van der Waals surface area contributed by atoms with Crippen molar-refractivity contribution in [1.29, 1.82) is 0 Å². The highest BCUT2D eigenvalue weighted by Crippen LogP contribution is 2.30. The Bertz CT molecular complexity index is 552. The Balaban J connectivity index is 1.94. The van der Waals surface area contributed by atoms with Gasteiger partial charge in [0.25, 0.3) is 0 Å². The van der Waals surface area contributed by atoms with Crippen molar-refractivity contribution in [3.8, 4) is 17.0 Å². The predicted molar refractivity (Wildman–Crippen MR) is 70.7 cm³/mol. The third kappa shape index (κ3) is 2.27. The van der Waals surface area contributed by atoms with Crippen molar-refractivity contribution in [1.82, 2.24) is 9.97 Å². The van der Waals surface area contributed by atoms with E-state index in [0.29, 0.717) is 6.10 Å². The second kappa shape index (κ2) is 4.64. The monoisotopic (exact) mass is 241 g/mol. The molecule has 4 heteroatoms. The van der Waals surface area contributed by atoms with Crippen molar-refractivity contribution < 1.29 is 4.74 Å². The molecule has 1 aromatic heterocycles. The summed E-state index contributed by atoms with van der Waals surface area (Å²) in [5.41, 5.74) is 1.87. The summed E-state index contributed by atoms with van der Waals surface area (Å²) in [5.74, 6) is 1.68. The minimum absolute atomic E-state index is 0.408.